The zero-order chi connectivity index (χ0) is 57.6. The third kappa shape index (κ3) is 13.9. The van der Waals surface area contributed by atoms with Gasteiger partial charge < -0.3 is 18.4 Å². The number of para-hydroxylation sites is 2. The Labute approximate surface area is 456 Å². The molecule has 20 heteroatoms. The fraction of sp³-hybridized carbons (Fsp3) is 0.333. The van der Waals surface area contributed by atoms with Crippen LogP contribution in [0.25, 0.3) is 43.4 Å². The van der Waals surface area contributed by atoms with Crippen LogP contribution in [0.3, 0.4) is 0 Å². The van der Waals surface area contributed by atoms with Crippen LogP contribution in [-0.4, -0.2) is 70.4 Å². The summed E-state index contributed by atoms with van der Waals surface area (Å²) in [7, 11) is -21.3. The molecule has 80 heavy (non-hydrogen) atoms. The van der Waals surface area contributed by atoms with Crippen LogP contribution in [0.2, 0.25) is 0 Å². The van der Waals surface area contributed by atoms with Crippen molar-refractivity contribution >= 4 is 59.0 Å². The Kier molecular flexibility index (Phi) is 15.2. The molecule has 6 nitrogen and oxygen atoms in total. The standard InChI is InChI=1S/C60H64N4O2.2F6P/c1-5-33-65-59(51-25-29-61-55-23-15-13-21-49(51)55)57-35-43-27-31-63(57,37-41(43)7-3)39-53-45-17-9-11-19-47(45)54(48-20-12-10-18-46(48)53)40-64-32-28-44(42(8-4)38-64)36-58(64)60(66-34-6-2)52-26-30-62-56-24-16-14-22-50(52)56;2*1-7(2,3,4,5)6/h5-26,29-30,41-44,57-60H,1-4,27-28,31-40H2;;/q+2;2*-1/t41-,42-,43-,44-,57-,58-,59+,60+,63?,64?;;/m0../s1. The van der Waals surface area contributed by atoms with E-state index < -0.39 is 15.6 Å². The number of piperidine rings is 6. The molecule has 0 aliphatic carbocycles. The molecule has 2 aromatic heterocycles. The zero-order valence-corrected chi connectivity index (χ0v) is 45.6. The van der Waals surface area contributed by atoms with Gasteiger partial charge >= 0.3 is 66.0 Å². The molecule has 6 saturated heterocycles. The van der Waals surface area contributed by atoms with Crippen molar-refractivity contribution in [1.82, 2.24) is 9.97 Å². The number of rotatable bonds is 16. The van der Waals surface area contributed by atoms with Crippen molar-refractivity contribution in [2.45, 2.75) is 63.1 Å². The topological polar surface area (TPSA) is 44.2 Å². The average Bonchev–Trinajstić information content (AvgIpc) is 3.43. The van der Waals surface area contributed by atoms with Crippen LogP contribution in [-0.2, 0) is 22.6 Å². The van der Waals surface area contributed by atoms with Gasteiger partial charge in [-0.1, -0.05) is 109 Å². The molecule has 4 bridgehead atoms. The molecule has 0 amide bonds. The first-order valence-electron chi connectivity index (χ1n) is 26.5. The van der Waals surface area contributed by atoms with E-state index in [9.17, 15) is 50.4 Å². The van der Waals surface area contributed by atoms with Gasteiger partial charge in [-0.3, -0.25) is 9.97 Å². The van der Waals surface area contributed by atoms with Crippen molar-refractivity contribution in [3.8, 4) is 0 Å². The predicted octanol–water partition coefficient (Wildman–Crippen LogP) is 19.6. The second kappa shape index (κ2) is 20.6. The first kappa shape index (κ1) is 58.9. The Morgan fingerprint density at radius 2 is 0.787 bits per heavy atom. The number of benzene rings is 5. The van der Waals surface area contributed by atoms with Gasteiger partial charge in [0.1, 0.15) is 37.4 Å². The first-order valence-corrected chi connectivity index (χ1v) is 30.6. The summed E-state index contributed by atoms with van der Waals surface area (Å²) in [5.41, 5.74) is 7.40. The van der Waals surface area contributed by atoms with E-state index >= 15 is 0 Å². The van der Waals surface area contributed by atoms with E-state index in [-0.39, 0.29) is 24.3 Å². The van der Waals surface area contributed by atoms with Crippen molar-refractivity contribution in [1.29, 1.82) is 0 Å². The summed E-state index contributed by atoms with van der Waals surface area (Å²) < 4.78 is 134. The van der Waals surface area contributed by atoms with E-state index in [4.69, 9.17) is 19.4 Å². The van der Waals surface area contributed by atoms with Gasteiger partial charge in [-0.2, -0.15) is 0 Å². The van der Waals surface area contributed by atoms with Crippen molar-refractivity contribution in [2.75, 3.05) is 39.4 Å². The van der Waals surface area contributed by atoms with Crippen LogP contribution in [0.4, 0.5) is 50.4 Å². The van der Waals surface area contributed by atoms with Crippen LogP contribution in [0, 0.1) is 23.7 Å². The van der Waals surface area contributed by atoms with E-state index in [1.54, 1.807) is 0 Å². The molecule has 0 N–H and O–H groups in total. The second-order valence-electron chi connectivity index (χ2n) is 22.0. The van der Waals surface area contributed by atoms with Crippen LogP contribution in [0.1, 0.15) is 60.1 Å². The Balaban J connectivity index is 0.000000492. The molecule has 0 saturated carbocycles. The number of aromatic nitrogens is 2. The maximum atomic E-state index is 9.87. The molecule has 6 aliphatic heterocycles. The summed E-state index contributed by atoms with van der Waals surface area (Å²) in [6, 6.07) is 40.8. The summed E-state index contributed by atoms with van der Waals surface area (Å²) in [5.74, 6) is 2.10. The number of halogens is 12. The van der Waals surface area contributed by atoms with Gasteiger partial charge in [0.15, 0.2) is 0 Å². The molecule has 13 rings (SSSR count). The SMILES string of the molecule is C=CCO[C@H](c1ccnc2ccccc12)[C@@H]1C[C@@H]2CC[N+]1(Cc1c3ccccc3c(C[N+]34CC[C@@H](C[C@H]3[C@H](OCC=C)c3ccnc5ccccc35)[C@@H](C=C)C4)c3ccccc13)C[C@@H]2C=C.F[P-](F)(F)(F)(F)F.F[P-](F)(F)(F)(F)F. The first-order chi connectivity index (χ1) is 37.4. The minimum absolute atomic E-state index is 0.109. The van der Waals surface area contributed by atoms with E-state index in [2.05, 4.69) is 148 Å². The van der Waals surface area contributed by atoms with E-state index in [0.717, 1.165) is 72.1 Å². The van der Waals surface area contributed by atoms with Gasteiger partial charge in [0, 0.05) is 71.8 Å². The van der Waals surface area contributed by atoms with E-state index in [1.807, 2.05) is 24.5 Å². The summed E-state index contributed by atoms with van der Waals surface area (Å²) in [6.45, 7) is 24.3. The summed E-state index contributed by atoms with van der Waals surface area (Å²) in [6.07, 6.45) is 16.7. The molecule has 6 aliphatic rings. The molecule has 8 heterocycles. The normalized spacial score (nSPS) is 27.0. The molecule has 0 radical (unpaired) electrons. The molecular weight excluding hydrogens is 1100 g/mol. The van der Waals surface area contributed by atoms with Crippen LogP contribution >= 0.6 is 15.6 Å². The molecule has 2 unspecified atom stereocenters. The van der Waals surface area contributed by atoms with Gasteiger partial charge in [0.2, 0.25) is 0 Å². The van der Waals surface area contributed by atoms with E-state index in [0.29, 0.717) is 36.9 Å². The Morgan fingerprint density at radius 3 is 1.10 bits per heavy atom. The van der Waals surface area contributed by atoms with Gasteiger partial charge in [-0.25, -0.2) is 0 Å². The van der Waals surface area contributed by atoms with Gasteiger partial charge in [0.05, 0.1) is 50.4 Å². The number of quaternary nitrogens is 2. The fourth-order valence-electron chi connectivity index (χ4n) is 13.9. The fourth-order valence-corrected chi connectivity index (χ4v) is 13.9. The minimum atomic E-state index is -10.7. The van der Waals surface area contributed by atoms with Crippen molar-refractivity contribution in [2.24, 2.45) is 23.7 Å². The number of fused-ring (bicyclic) bond motifs is 10. The number of pyridine rings is 2. The molecular formula is C60H64F12N4O2P2. The van der Waals surface area contributed by atoms with E-state index in [1.165, 1.54) is 67.4 Å². The number of hydrogen-bond acceptors (Lipinski definition) is 4. The molecule has 430 valence electrons. The van der Waals surface area contributed by atoms with Gasteiger partial charge in [-0.05, 0) is 68.8 Å². The zero-order valence-electron chi connectivity index (χ0n) is 43.8. The quantitative estimate of drug-likeness (QED) is 0.0318. The number of nitrogens with zero attached hydrogens (tertiary/aromatic N) is 4. The van der Waals surface area contributed by atoms with Crippen molar-refractivity contribution in [3.05, 3.63) is 194 Å². The Morgan fingerprint density at radius 1 is 0.475 bits per heavy atom. The summed E-state index contributed by atoms with van der Waals surface area (Å²) >= 11 is 0. The molecule has 7 aromatic rings. The van der Waals surface area contributed by atoms with Crippen molar-refractivity contribution < 1.29 is 68.8 Å². The molecule has 10 atom stereocenters. The predicted molar refractivity (Wildman–Crippen MR) is 298 cm³/mol. The monoisotopic (exact) mass is 1160 g/mol. The summed E-state index contributed by atoms with van der Waals surface area (Å²) in [5, 5.41) is 7.85. The third-order valence-electron chi connectivity index (χ3n) is 16.9. The van der Waals surface area contributed by atoms with Gasteiger partial charge in [-0.15, -0.1) is 26.3 Å². The maximum absolute atomic E-state index is 10.7. The molecule has 0 spiro atoms. The Bertz CT molecular complexity index is 3180. The average molecular weight is 1160 g/mol. The number of ether oxygens (including phenoxy) is 2. The van der Waals surface area contributed by atoms with Gasteiger partial charge in [0.25, 0.3) is 0 Å². The molecule has 5 aromatic carbocycles. The van der Waals surface area contributed by atoms with Crippen LogP contribution < -0.4 is 0 Å². The Hall–Kier alpha value is -5.74. The second-order valence-corrected chi connectivity index (χ2v) is 25.8. The summed E-state index contributed by atoms with van der Waals surface area (Å²) in [4.78, 5) is 9.58. The van der Waals surface area contributed by atoms with Crippen LogP contribution in [0.15, 0.2) is 172 Å². The third-order valence-corrected chi connectivity index (χ3v) is 16.9. The molecule has 6 fully saturated rings. The number of hydrogen-bond donors (Lipinski definition) is 0. The van der Waals surface area contributed by atoms with Crippen LogP contribution in [0.5, 0.6) is 0 Å². The van der Waals surface area contributed by atoms with Crippen molar-refractivity contribution in [3.63, 3.8) is 0 Å².